The average molecular weight is 341 g/mol. The van der Waals surface area contributed by atoms with Crippen molar-refractivity contribution in [1.29, 1.82) is 0 Å². The number of H-pyrrole nitrogens is 2. The van der Waals surface area contributed by atoms with Crippen molar-refractivity contribution >= 4 is 5.91 Å². The minimum Gasteiger partial charge on any atom is -0.385 e. The Morgan fingerprint density at radius 1 is 1.20 bits per heavy atom. The number of hydrogen-bond donors (Lipinski definition) is 3. The zero-order valence-corrected chi connectivity index (χ0v) is 14.1. The summed E-state index contributed by atoms with van der Waals surface area (Å²) in [6.45, 7) is 0.485. The van der Waals surface area contributed by atoms with Crippen LogP contribution < -0.4 is 5.69 Å². The van der Waals surface area contributed by atoms with Gasteiger partial charge >= 0.3 is 5.69 Å². The van der Waals surface area contributed by atoms with Gasteiger partial charge in [-0.25, -0.2) is 4.79 Å². The van der Waals surface area contributed by atoms with Gasteiger partial charge < -0.3 is 20.0 Å². The summed E-state index contributed by atoms with van der Waals surface area (Å²) < 4.78 is 0. The number of aliphatic hydroxyl groups is 1. The Morgan fingerprint density at radius 3 is 2.68 bits per heavy atom. The van der Waals surface area contributed by atoms with E-state index in [1.807, 2.05) is 35.2 Å². The molecule has 2 aliphatic rings. The number of imidazole rings is 1. The van der Waals surface area contributed by atoms with Gasteiger partial charge in [0.15, 0.2) is 0 Å². The van der Waals surface area contributed by atoms with Crippen LogP contribution >= 0.6 is 0 Å². The third kappa shape index (κ3) is 2.70. The van der Waals surface area contributed by atoms with Crippen LogP contribution in [0.15, 0.2) is 41.3 Å². The predicted molar refractivity (Wildman–Crippen MR) is 93.2 cm³/mol. The van der Waals surface area contributed by atoms with Crippen LogP contribution in [0.25, 0.3) is 0 Å². The molecular weight excluding hydrogens is 318 g/mol. The fraction of sp³-hybridized carbons (Fsp3) is 0.474. The second-order valence-electron chi connectivity index (χ2n) is 7.15. The lowest BCUT2D eigenvalue weighted by molar-refractivity contribution is -0.110. The summed E-state index contributed by atoms with van der Waals surface area (Å²) in [7, 11) is 0. The summed E-state index contributed by atoms with van der Waals surface area (Å²) in [4.78, 5) is 31.1. The molecule has 2 heterocycles. The number of aromatic amines is 2. The van der Waals surface area contributed by atoms with Gasteiger partial charge in [0, 0.05) is 24.7 Å². The highest BCUT2D eigenvalue weighted by atomic mass is 16.3. The van der Waals surface area contributed by atoms with Crippen molar-refractivity contribution < 1.29 is 9.90 Å². The smallest absolute Gasteiger partial charge is 0.323 e. The van der Waals surface area contributed by atoms with Gasteiger partial charge in [0.25, 0.3) is 5.91 Å². The Labute approximate surface area is 145 Å². The van der Waals surface area contributed by atoms with Crippen LogP contribution in [0.4, 0.5) is 0 Å². The lowest BCUT2D eigenvalue weighted by atomic mass is 9.66. The van der Waals surface area contributed by atoms with Gasteiger partial charge in [-0.15, -0.1) is 0 Å². The number of carbonyl (C=O) groups is 1. The summed E-state index contributed by atoms with van der Waals surface area (Å²) in [5, 5.41) is 11.5. The Bertz CT molecular complexity index is 813. The van der Waals surface area contributed by atoms with Gasteiger partial charge in [-0.3, -0.25) is 4.79 Å². The van der Waals surface area contributed by atoms with Gasteiger partial charge in [-0.1, -0.05) is 43.2 Å². The Kier molecular flexibility index (Phi) is 4.00. The first-order valence-electron chi connectivity index (χ1n) is 8.96. The number of nitrogens with one attached hydrogen (secondary N) is 2. The van der Waals surface area contributed by atoms with Crippen molar-refractivity contribution in [1.82, 2.24) is 14.9 Å². The molecule has 0 radical (unpaired) electrons. The topological polar surface area (TPSA) is 89.2 Å². The SMILES string of the molecule is O=C(c1c[nH]c(=O)[nH]1)N1CC[C@](O)(c2ccccc2)[C@H]2CCCCC21. The third-order valence-electron chi connectivity index (χ3n) is 5.84. The minimum absolute atomic E-state index is 0.00129. The average Bonchev–Trinajstić information content (AvgIpc) is 3.09. The van der Waals surface area contributed by atoms with Crippen molar-refractivity contribution in [3.63, 3.8) is 0 Å². The Morgan fingerprint density at radius 2 is 1.96 bits per heavy atom. The van der Waals surface area contributed by atoms with E-state index in [4.69, 9.17) is 0 Å². The molecule has 3 atom stereocenters. The molecule has 4 rings (SSSR count). The van der Waals surface area contributed by atoms with E-state index in [0.29, 0.717) is 18.7 Å². The number of aromatic nitrogens is 2. The molecular formula is C19H23N3O3. The molecule has 1 amide bonds. The van der Waals surface area contributed by atoms with Crippen molar-refractivity contribution in [2.75, 3.05) is 6.54 Å². The molecule has 1 unspecified atom stereocenters. The van der Waals surface area contributed by atoms with Crippen molar-refractivity contribution in [2.45, 2.75) is 43.7 Å². The summed E-state index contributed by atoms with van der Waals surface area (Å²) in [6, 6.07) is 9.81. The van der Waals surface area contributed by atoms with Crippen LogP contribution in [0.3, 0.4) is 0 Å². The summed E-state index contributed by atoms with van der Waals surface area (Å²) in [5.41, 5.74) is -0.0378. The maximum Gasteiger partial charge on any atom is 0.323 e. The fourth-order valence-corrected chi connectivity index (χ4v) is 4.62. The second-order valence-corrected chi connectivity index (χ2v) is 7.15. The van der Waals surface area contributed by atoms with E-state index in [-0.39, 0.29) is 23.6 Å². The highest BCUT2D eigenvalue weighted by Crippen LogP contribution is 2.47. The maximum atomic E-state index is 12.9. The van der Waals surface area contributed by atoms with E-state index in [1.165, 1.54) is 6.20 Å². The molecule has 1 aromatic heterocycles. The highest BCUT2D eigenvalue weighted by molar-refractivity contribution is 5.92. The molecule has 25 heavy (non-hydrogen) atoms. The third-order valence-corrected chi connectivity index (χ3v) is 5.84. The molecule has 1 aliphatic carbocycles. The number of benzene rings is 1. The van der Waals surface area contributed by atoms with Crippen LogP contribution in [0.1, 0.15) is 48.2 Å². The monoisotopic (exact) mass is 341 g/mol. The predicted octanol–water partition coefficient (Wildman–Crippen LogP) is 2.00. The number of nitrogens with zero attached hydrogens (tertiary/aromatic N) is 1. The first-order valence-corrected chi connectivity index (χ1v) is 8.96. The van der Waals surface area contributed by atoms with Crippen LogP contribution in [0, 0.1) is 5.92 Å². The van der Waals surface area contributed by atoms with Gasteiger partial charge in [-0.2, -0.15) is 0 Å². The van der Waals surface area contributed by atoms with Crippen LogP contribution in [0.2, 0.25) is 0 Å². The molecule has 132 valence electrons. The molecule has 1 saturated heterocycles. The Hall–Kier alpha value is -2.34. The fourth-order valence-electron chi connectivity index (χ4n) is 4.62. The van der Waals surface area contributed by atoms with Crippen LogP contribution in [-0.4, -0.2) is 38.5 Å². The number of amides is 1. The van der Waals surface area contributed by atoms with E-state index in [9.17, 15) is 14.7 Å². The summed E-state index contributed by atoms with van der Waals surface area (Å²) in [5.74, 6) is -0.141. The van der Waals surface area contributed by atoms with Gasteiger partial charge in [0.2, 0.25) is 0 Å². The number of likely N-dealkylation sites (tertiary alicyclic amines) is 1. The molecule has 3 N–H and O–H groups in total. The summed E-state index contributed by atoms with van der Waals surface area (Å²) >= 11 is 0. The first kappa shape index (κ1) is 16.1. The van der Waals surface area contributed by atoms with E-state index < -0.39 is 5.60 Å². The largest absolute Gasteiger partial charge is 0.385 e. The summed E-state index contributed by atoms with van der Waals surface area (Å²) in [6.07, 6.45) is 5.86. The highest BCUT2D eigenvalue weighted by Gasteiger charge is 2.50. The molecule has 1 aromatic carbocycles. The number of carbonyl (C=O) groups excluding carboxylic acids is 1. The maximum absolute atomic E-state index is 12.9. The normalized spacial score (nSPS) is 29.2. The molecule has 2 fully saturated rings. The zero-order valence-electron chi connectivity index (χ0n) is 14.1. The van der Waals surface area contributed by atoms with E-state index >= 15 is 0 Å². The van der Waals surface area contributed by atoms with Crippen molar-refractivity contribution in [2.24, 2.45) is 5.92 Å². The lowest BCUT2D eigenvalue weighted by Crippen LogP contribution is -2.59. The van der Waals surface area contributed by atoms with E-state index in [0.717, 1.165) is 31.2 Å². The molecule has 1 saturated carbocycles. The number of rotatable bonds is 2. The van der Waals surface area contributed by atoms with Crippen molar-refractivity contribution in [3.8, 4) is 0 Å². The first-order chi connectivity index (χ1) is 12.1. The molecule has 0 spiro atoms. The molecule has 6 heteroatoms. The Balaban J connectivity index is 1.66. The van der Waals surface area contributed by atoms with Gasteiger partial charge in [0.05, 0.1) is 5.60 Å². The zero-order chi connectivity index (χ0) is 17.4. The number of piperidine rings is 1. The van der Waals surface area contributed by atoms with E-state index in [2.05, 4.69) is 9.97 Å². The molecule has 6 nitrogen and oxygen atoms in total. The van der Waals surface area contributed by atoms with Gasteiger partial charge in [-0.05, 0) is 24.8 Å². The number of hydrogen-bond acceptors (Lipinski definition) is 3. The van der Waals surface area contributed by atoms with E-state index in [1.54, 1.807) is 0 Å². The van der Waals surface area contributed by atoms with Crippen LogP contribution in [-0.2, 0) is 5.60 Å². The molecule has 1 aliphatic heterocycles. The second kappa shape index (κ2) is 6.19. The van der Waals surface area contributed by atoms with Crippen LogP contribution in [0.5, 0.6) is 0 Å². The lowest BCUT2D eigenvalue weighted by Gasteiger charge is -2.52. The minimum atomic E-state index is -0.894. The number of fused-ring (bicyclic) bond motifs is 1. The molecule has 2 aromatic rings. The molecule has 0 bridgehead atoms. The van der Waals surface area contributed by atoms with Crippen molar-refractivity contribution in [3.05, 3.63) is 58.3 Å². The van der Waals surface area contributed by atoms with Gasteiger partial charge in [0.1, 0.15) is 5.69 Å². The standard InChI is InChI=1S/C19H23N3O3/c23-17(15-12-20-18(24)21-15)22-11-10-19(25,13-6-2-1-3-7-13)14-8-4-5-9-16(14)22/h1-3,6-7,12,14,16,25H,4-5,8-11H2,(H2,20,21,24)/t14-,16?,19-/m0/s1. The quantitative estimate of drug-likeness (QED) is 0.780.